The smallest absolute Gasteiger partial charge is 0.256 e. The lowest BCUT2D eigenvalue weighted by molar-refractivity contribution is 0.0826. The van der Waals surface area contributed by atoms with Crippen molar-refractivity contribution in [1.29, 1.82) is 0 Å². The van der Waals surface area contributed by atoms with E-state index in [0.717, 1.165) is 37.3 Å². The second-order valence-corrected chi connectivity index (χ2v) is 6.24. The summed E-state index contributed by atoms with van der Waals surface area (Å²) in [7, 11) is 3.49. The van der Waals surface area contributed by atoms with Crippen LogP contribution in [0.2, 0.25) is 0 Å². The molecule has 1 saturated heterocycles. The first-order valence-electron chi connectivity index (χ1n) is 7.76. The Bertz CT molecular complexity index is 680. The number of aromatic amines is 1. The Morgan fingerprint density at radius 2 is 2.13 bits per heavy atom. The van der Waals surface area contributed by atoms with Crippen molar-refractivity contribution in [2.75, 3.05) is 27.2 Å². The van der Waals surface area contributed by atoms with Gasteiger partial charge >= 0.3 is 0 Å². The molecule has 2 aromatic rings. The Morgan fingerprint density at radius 3 is 2.83 bits per heavy atom. The van der Waals surface area contributed by atoms with Crippen molar-refractivity contribution >= 4 is 5.91 Å². The molecule has 2 heterocycles. The molecule has 0 unspecified atom stereocenters. The summed E-state index contributed by atoms with van der Waals surface area (Å²) >= 11 is 0. The van der Waals surface area contributed by atoms with Crippen molar-refractivity contribution in [2.45, 2.75) is 18.9 Å². The summed E-state index contributed by atoms with van der Waals surface area (Å²) in [6.45, 7) is 2.62. The first-order chi connectivity index (χ1) is 11.0. The summed E-state index contributed by atoms with van der Waals surface area (Å²) in [5.41, 5.74) is 2.68. The Hall–Kier alpha value is -2.21. The zero-order valence-corrected chi connectivity index (χ0v) is 13.4. The predicted octanol–water partition coefficient (Wildman–Crippen LogP) is 2.24. The van der Waals surface area contributed by atoms with Gasteiger partial charge in [-0.1, -0.05) is 12.1 Å². The molecule has 1 N–H and O–H groups in total. The molecule has 1 aromatic carbocycles. The number of halogens is 1. The van der Waals surface area contributed by atoms with Crippen LogP contribution < -0.4 is 0 Å². The van der Waals surface area contributed by atoms with Gasteiger partial charge in [-0.2, -0.15) is 5.10 Å². The molecule has 1 aliphatic rings. The first-order valence-corrected chi connectivity index (χ1v) is 7.76. The van der Waals surface area contributed by atoms with E-state index < -0.39 is 0 Å². The van der Waals surface area contributed by atoms with Crippen molar-refractivity contribution in [1.82, 2.24) is 20.0 Å². The lowest BCUT2D eigenvalue weighted by atomic mass is 10.0. The number of H-pyrrole nitrogens is 1. The zero-order chi connectivity index (χ0) is 16.4. The van der Waals surface area contributed by atoms with E-state index >= 15 is 0 Å². The SMILES string of the molecule is CN(C)C(=O)c1cn[nH]c1[C@H]1CCN(Cc2ccc(F)cc2)C1. The van der Waals surface area contributed by atoms with Gasteiger partial charge in [0.05, 0.1) is 17.5 Å². The lowest BCUT2D eigenvalue weighted by Gasteiger charge is -2.17. The number of hydrogen-bond acceptors (Lipinski definition) is 3. The largest absolute Gasteiger partial charge is 0.345 e. The Kier molecular flexibility index (Phi) is 4.43. The lowest BCUT2D eigenvalue weighted by Crippen LogP contribution is -2.24. The highest BCUT2D eigenvalue weighted by Crippen LogP contribution is 2.29. The number of carbonyl (C=O) groups excluding carboxylic acids is 1. The molecule has 3 rings (SSSR count). The van der Waals surface area contributed by atoms with Gasteiger partial charge in [0.2, 0.25) is 0 Å². The molecule has 1 atom stereocenters. The molecule has 1 aromatic heterocycles. The van der Waals surface area contributed by atoms with Gasteiger partial charge in [-0.3, -0.25) is 14.8 Å². The highest BCUT2D eigenvalue weighted by Gasteiger charge is 2.29. The minimum absolute atomic E-state index is 0.0225. The highest BCUT2D eigenvalue weighted by atomic mass is 19.1. The minimum atomic E-state index is -0.211. The summed E-state index contributed by atoms with van der Waals surface area (Å²) < 4.78 is 13.0. The summed E-state index contributed by atoms with van der Waals surface area (Å²) in [4.78, 5) is 16.1. The third-order valence-corrected chi connectivity index (χ3v) is 4.31. The van der Waals surface area contributed by atoms with Crippen LogP contribution in [0.1, 0.15) is 34.0 Å². The fourth-order valence-corrected chi connectivity index (χ4v) is 3.08. The number of aromatic nitrogens is 2. The van der Waals surface area contributed by atoms with Crippen molar-refractivity contribution in [3.8, 4) is 0 Å². The third kappa shape index (κ3) is 3.42. The van der Waals surface area contributed by atoms with Crippen molar-refractivity contribution in [3.05, 3.63) is 53.1 Å². The molecule has 1 amide bonds. The van der Waals surface area contributed by atoms with Crippen LogP contribution in [0.4, 0.5) is 4.39 Å². The fraction of sp³-hybridized carbons (Fsp3) is 0.412. The van der Waals surface area contributed by atoms with Crippen LogP contribution in [-0.2, 0) is 6.54 Å². The summed E-state index contributed by atoms with van der Waals surface area (Å²) in [5.74, 6) is 0.0416. The maximum atomic E-state index is 13.0. The van der Waals surface area contributed by atoms with Gasteiger partial charge in [-0.05, 0) is 30.7 Å². The normalized spacial score (nSPS) is 18.3. The first kappa shape index (κ1) is 15.7. The molecule has 0 radical (unpaired) electrons. The maximum absolute atomic E-state index is 13.0. The van der Waals surface area contributed by atoms with E-state index in [1.165, 1.54) is 12.1 Å². The molecule has 0 spiro atoms. The number of nitrogens with zero attached hydrogens (tertiary/aromatic N) is 3. The van der Waals surface area contributed by atoms with Crippen LogP contribution in [0.15, 0.2) is 30.5 Å². The third-order valence-electron chi connectivity index (χ3n) is 4.31. The van der Waals surface area contributed by atoms with Crippen LogP contribution in [0.3, 0.4) is 0 Å². The van der Waals surface area contributed by atoms with E-state index in [4.69, 9.17) is 0 Å². The molecular formula is C17H21FN4O. The van der Waals surface area contributed by atoms with E-state index in [1.807, 2.05) is 12.1 Å². The Morgan fingerprint density at radius 1 is 1.39 bits per heavy atom. The van der Waals surface area contributed by atoms with Crippen LogP contribution in [0, 0.1) is 5.82 Å². The number of hydrogen-bond donors (Lipinski definition) is 1. The van der Waals surface area contributed by atoms with E-state index in [2.05, 4.69) is 15.1 Å². The number of likely N-dealkylation sites (tertiary alicyclic amines) is 1. The van der Waals surface area contributed by atoms with Gasteiger partial charge in [0.1, 0.15) is 5.82 Å². The molecule has 1 aliphatic heterocycles. The molecule has 23 heavy (non-hydrogen) atoms. The highest BCUT2D eigenvalue weighted by molar-refractivity contribution is 5.94. The van der Waals surface area contributed by atoms with Gasteiger partial charge in [0.25, 0.3) is 5.91 Å². The molecule has 0 aliphatic carbocycles. The number of rotatable bonds is 4. The summed E-state index contributed by atoms with van der Waals surface area (Å²) in [6.07, 6.45) is 2.59. The standard InChI is InChI=1S/C17H21FN4O/c1-21(2)17(23)15-9-19-20-16(15)13-7-8-22(11-13)10-12-3-5-14(18)6-4-12/h3-6,9,13H,7-8,10-11H2,1-2H3,(H,19,20)/t13-/m0/s1. The molecule has 0 bridgehead atoms. The van der Waals surface area contributed by atoms with Crippen molar-refractivity contribution in [3.63, 3.8) is 0 Å². The summed E-state index contributed by atoms with van der Waals surface area (Å²) in [5, 5.41) is 7.06. The molecule has 6 heteroatoms. The second kappa shape index (κ2) is 6.50. The van der Waals surface area contributed by atoms with E-state index in [0.29, 0.717) is 5.56 Å². The Labute approximate surface area is 135 Å². The molecule has 0 saturated carbocycles. The zero-order valence-electron chi connectivity index (χ0n) is 13.4. The van der Waals surface area contributed by atoms with Crippen LogP contribution in [0.25, 0.3) is 0 Å². The van der Waals surface area contributed by atoms with E-state index in [1.54, 1.807) is 25.2 Å². The van der Waals surface area contributed by atoms with Gasteiger partial charge in [0, 0.05) is 33.1 Å². The quantitative estimate of drug-likeness (QED) is 0.941. The van der Waals surface area contributed by atoms with Crippen LogP contribution >= 0.6 is 0 Å². The number of nitrogens with one attached hydrogen (secondary N) is 1. The van der Waals surface area contributed by atoms with Gasteiger partial charge in [-0.25, -0.2) is 4.39 Å². The van der Waals surface area contributed by atoms with Crippen LogP contribution in [-0.4, -0.2) is 53.1 Å². The van der Waals surface area contributed by atoms with Gasteiger partial charge in [-0.15, -0.1) is 0 Å². The number of amides is 1. The average molecular weight is 316 g/mol. The van der Waals surface area contributed by atoms with E-state index in [-0.39, 0.29) is 17.6 Å². The van der Waals surface area contributed by atoms with Gasteiger partial charge in [0.15, 0.2) is 0 Å². The predicted molar refractivity (Wildman–Crippen MR) is 85.6 cm³/mol. The molecule has 5 nitrogen and oxygen atoms in total. The monoisotopic (exact) mass is 316 g/mol. The number of carbonyl (C=O) groups is 1. The maximum Gasteiger partial charge on any atom is 0.256 e. The fourth-order valence-electron chi connectivity index (χ4n) is 3.08. The number of benzene rings is 1. The summed E-state index contributed by atoms with van der Waals surface area (Å²) in [6, 6.07) is 6.62. The molecule has 122 valence electrons. The van der Waals surface area contributed by atoms with E-state index in [9.17, 15) is 9.18 Å². The molecular weight excluding hydrogens is 295 g/mol. The van der Waals surface area contributed by atoms with Crippen molar-refractivity contribution in [2.24, 2.45) is 0 Å². The van der Waals surface area contributed by atoms with Crippen LogP contribution in [0.5, 0.6) is 0 Å². The second-order valence-electron chi connectivity index (χ2n) is 6.24. The minimum Gasteiger partial charge on any atom is -0.345 e. The van der Waals surface area contributed by atoms with Gasteiger partial charge < -0.3 is 4.90 Å². The Balaban J connectivity index is 1.67. The average Bonchev–Trinajstić information content (AvgIpc) is 3.17. The molecule has 1 fully saturated rings. The topological polar surface area (TPSA) is 52.2 Å². The van der Waals surface area contributed by atoms with Crippen molar-refractivity contribution < 1.29 is 9.18 Å².